The van der Waals surface area contributed by atoms with Gasteiger partial charge in [-0.05, 0) is 37.8 Å². The molecule has 0 unspecified atom stereocenters. The van der Waals surface area contributed by atoms with Gasteiger partial charge in [0.25, 0.3) is 0 Å². The lowest BCUT2D eigenvalue weighted by atomic mass is 9.97. The van der Waals surface area contributed by atoms with Crippen LogP contribution in [0.3, 0.4) is 0 Å². The molecule has 0 amide bonds. The van der Waals surface area contributed by atoms with Crippen LogP contribution in [0.4, 0.5) is 11.4 Å². The Morgan fingerprint density at radius 2 is 2.04 bits per heavy atom. The van der Waals surface area contributed by atoms with Crippen molar-refractivity contribution >= 4 is 11.4 Å². The third kappa shape index (κ3) is 3.67. The number of hydrogen-bond acceptors (Lipinski definition) is 4. The number of aliphatic hydroxyl groups excluding tert-OH is 1. The van der Waals surface area contributed by atoms with Gasteiger partial charge in [-0.1, -0.05) is 12.1 Å². The van der Waals surface area contributed by atoms with Crippen molar-refractivity contribution in [3.05, 3.63) is 42.5 Å². The van der Waals surface area contributed by atoms with Gasteiger partial charge in [0.05, 0.1) is 17.9 Å². The predicted molar refractivity (Wildman–Crippen MR) is 93.7 cm³/mol. The molecule has 1 saturated heterocycles. The van der Waals surface area contributed by atoms with Gasteiger partial charge in [-0.3, -0.25) is 0 Å². The van der Waals surface area contributed by atoms with Crippen LogP contribution in [-0.4, -0.2) is 34.4 Å². The first-order chi connectivity index (χ1) is 11.3. The molecule has 5 nitrogen and oxygen atoms in total. The summed E-state index contributed by atoms with van der Waals surface area (Å²) in [4.78, 5) is 6.84. The number of piperidine rings is 1. The molecule has 1 fully saturated rings. The Morgan fingerprint density at radius 3 is 2.78 bits per heavy atom. The molecule has 23 heavy (non-hydrogen) atoms. The van der Waals surface area contributed by atoms with Crippen molar-refractivity contribution in [1.29, 1.82) is 0 Å². The molecule has 1 aliphatic rings. The van der Waals surface area contributed by atoms with E-state index in [-0.39, 0.29) is 0 Å². The minimum Gasteiger partial charge on any atom is -0.396 e. The minimum atomic E-state index is 0.313. The number of aliphatic hydroxyl groups is 1. The molecule has 124 valence electrons. The van der Waals surface area contributed by atoms with Crippen molar-refractivity contribution in [3.8, 4) is 0 Å². The van der Waals surface area contributed by atoms with Gasteiger partial charge < -0.3 is 19.9 Å². The Morgan fingerprint density at radius 1 is 1.26 bits per heavy atom. The predicted octanol–water partition coefficient (Wildman–Crippen LogP) is 2.72. The SMILES string of the molecule is CCn1ccnc1CNc1ccccc1N1CCC(CO)CC1. The highest BCUT2D eigenvalue weighted by Gasteiger charge is 2.20. The first-order valence-corrected chi connectivity index (χ1v) is 8.50. The van der Waals surface area contributed by atoms with Gasteiger partial charge in [0.15, 0.2) is 0 Å². The molecule has 1 aromatic carbocycles. The fraction of sp³-hybridized carbons (Fsp3) is 0.500. The maximum Gasteiger partial charge on any atom is 0.128 e. The molecule has 0 atom stereocenters. The topological polar surface area (TPSA) is 53.3 Å². The number of anilines is 2. The highest BCUT2D eigenvalue weighted by Crippen LogP contribution is 2.29. The standard InChI is InChI=1S/C18H26N4O/c1-2-21-12-9-19-18(21)13-20-16-5-3-4-6-17(16)22-10-7-15(14-23)8-11-22/h3-6,9,12,15,20,23H,2,7-8,10-11,13-14H2,1H3. The second-order valence-corrected chi connectivity index (χ2v) is 6.11. The normalized spacial score (nSPS) is 15.8. The third-order valence-corrected chi connectivity index (χ3v) is 4.70. The number of rotatable bonds is 6. The van der Waals surface area contributed by atoms with E-state index in [1.165, 1.54) is 5.69 Å². The van der Waals surface area contributed by atoms with E-state index in [9.17, 15) is 5.11 Å². The molecule has 3 rings (SSSR count). The smallest absolute Gasteiger partial charge is 0.128 e. The summed E-state index contributed by atoms with van der Waals surface area (Å²) in [7, 11) is 0. The molecule has 0 aliphatic carbocycles. The highest BCUT2D eigenvalue weighted by atomic mass is 16.3. The summed E-state index contributed by atoms with van der Waals surface area (Å²) in [6.45, 7) is 6.12. The van der Waals surface area contributed by atoms with Crippen molar-refractivity contribution in [2.45, 2.75) is 32.9 Å². The second-order valence-electron chi connectivity index (χ2n) is 6.11. The number of imidazole rings is 1. The summed E-state index contributed by atoms with van der Waals surface area (Å²) in [5, 5.41) is 12.8. The fourth-order valence-electron chi connectivity index (χ4n) is 3.22. The van der Waals surface area contributed by atoms with E-state index in [0.717, 1.165) is 50.5 Å². The van der Waals surface area contributed by atoms with E-state index < -0.39 is 0 Å². The lowest BCUT2D eigenvalue weighted by Gasteiger charge is -2.34. The summed E-state index contributed by atoms with van der Waals surface area (Å²) >= 11 is 0. The Hall–Kier alpha value is -2.01. The van der Waals surface area contributed by atoms with E-state index in [0.29, 0.717) is 12.5 Å². The second kappa shape index (κ2) is 7.51. The van der Waals surface area contributed by atoms with Crippen molar-refractivity contribution in [3.63, 3.8) is 0 Å². The van der Waals surface area contributed by atoms with E-state index in [2.05, 4.69) is 51.0 Å². The van der Waals surface area contributed by atoms with Gasteiger partial charge in [0.2, 0.25) is 0 Å². The maximum atomic E-state index is 9.30. The third-order valence-electron chi connectivity index (χ3n) is 4.70. The van der Waals surface area contributed by atoms with Gasteiger partial charge in [-0.25, -0.2) is 4.98 Å². The average Bonchev–Trinajstić information content (AvgIpc) is 3.08. The largest absolute Gasteiger partial charge is 0.396 e. The van der Waals surface area contributed by atoms with Crippen molar-refractivity contribution in [1.82, 2.24) is 9.55 Å². The van der Waals surface area contributed by atoms with Crippen LogP contribution in [0.2, 0.25) is 0 Å². The zero-order chi connectivity index (χ0) is 16.1. The van der Waals surface area contributed by atoms with Crippen LogP contribution in [0, 0.1) is 5.92 Å². The minimum absolute atomic E-state index is 0.313. The van der Waals surface area contributed by atoms with Crippen LogP contribution >= 0.6 is 0 Å². The van der Waals surface area contributed by atoms with Crippen molar-refractivity contribution < 1.29 is 5.11 Å². The Kier molecular flexibility index (Phi) is 5.18. The quantitative estimate of drug-likeness (QED) is 0.861. The van der Waals surface area contributed by atoms with Gasteiger partial charge >= 0.3 is 0 Å². The number of benzene rings is 1. The van der Waals surface area contributed by atoms with Crippen LogP contribution in [0.1, 0.15) is 25.6 Å². The number of aryl methyl sites for hydroxylation is 1. The number of nitrogens with zero attached hydrogens (tertiary/aromatic N) is 3. The molecular formula is C18H26N4O. The van der Waals surface area contributed by atoms with Crippen LogP contribution in [0.5, 0.6) is 0 Å². The molecule has 1 aromatic heterocycles. The lowest BCUT2D eigenvalue weighted by molar-refractivity contribution is 0.203. The summed E-state index contributed by atoms with van der Waals surface area (Å²) < 4.78 is 2.16. The first-order valence-electron chi connectivity index (χ1n) is 8.50. The molecule has 2 aromatic rings. The molecule has 0 radical (unpaired) electrons. The van der Waals surface area contributed by atoms with Crippen LogP contribution in [0.15, 0.2) is 36.7 Å². The zero-order valence-corrected chi connectivity index (χ0v) is 13.8. The van der Waals surface area contributed by atoms with Gasteiger partial charge in [0.1, 0.15) is 5.82 Å². The fourth-order valence-corrected chi connectivity index (χ4v) is 3.22. The molecule has 0 saturated carbocycles. The van der Waals surface area contributed by atoms with Gasteiger partial charge in [-0.2, -0.15) is 0 Å². The van der Waals surface area contributed by atoms with Crippen LogP contribution < -0.4 is 10.2 Å². The van der Waals surface area contributed by atoms with E-state index >= 15 is 0 Å². The molecule has 1 aliphatic heterocycles. The first kappa shape index (κ1) is 15.9. The molecule has 0 spiro atoms. The Balaban J connectivity index is 1.68. The van der Waals surface area contributed by atoms with Crippen molar-refractivity contribution in [2.75, 3.05) is 29.9 Å². The molecular weight excluding hydrogens is 288 g/mol. The average molecular weight is 314 g/mol. The Bertz CT molecular complexity index is 617. The van der Waals surface area contributed by atoms with Crippen molar-refractivity contribution in [2.24, 2.45) is 5.92 Å². The summed E-state index contributed by atoms with van der Waals surface area (Å²) in [6, 6.07) is 8.46. The molecule has 2 N–H and O–H groups in total. The van der Waals surface area contributed by atoms with Gasteiger partial charge in [-0.15, -0.1) is 0 Å². The summed E-state index contributed by atoms with van der Waals surface area (Å²) in [6.07, 6.45) is 5.99. The van der Waals surface area contributed by atoms with E-state index in [1.54, 1.807) is 0 Å². The number of aromatic nitrogens is 2. The Labute approximate surface area is 138 Å². The molecule has 5 heteroatoms. The zero-order valence-electron chi connectivity index (χ0n) is 13.8. The molecule has 2 heterocycles. The summed E-state index contributed by atoms with van der Waals surface area (Å²) in [5.41, 5.74) is 2.40. The highest BCUT2D eigenvalue weighted by molar-refractivity contribution is 5.70. The lowest BCUT2D eigenvalue weighted by Crippen LogP contribution is -2.35. The van der Waals surface area contributed by atoms with E-state index in [4.69, 9.17) is 0 Å². The van der Waals surface area contributed by atoms with Crippen LogP contribution in [-0.2, 0) is 13.1 Å². The van der Waals surface area contributed by atoms with Gasteiger partial charge in [0, 0.05) is 38.6 Å². The van der Waals surface area contributed by atoms with E-state index in [1.807, 2.05) is 12.4 Å². The monoisotopic (exact) mass is 314 g/mol. The van der Waals surface area contributed by atoms with Crippen LogP contribution in [0.25, 0.3) is 0 Å². The molecule has 0 bridgehead atoms. The maximum absolute atomic E-state index is 9.30. The number of nitrogens with one attached hydrogen (secondary N) is 1. The number of hydrogen-bond donors (Lipinski definition) is 2. The summed E-state index contributed by atoms with van der Waals surface area (Å²) in [5.74, 6) is 1.52. The number of para-hydroxylation sites is 2.